The van der Waals surface area contributed by atoms with Crippen LogP contribution < -0.4 is 0 Å². The molecule has 1 aromatic rings. The molecule has 100 valence electrons. The Hall–Kier alpha value is -0.740. The predicted octanol–water partition coefficient (Wildman–Crippen LogP) is 2.98. The van der Waals surface area contributed by atoms with Gasteiger partial charge >= 0.3 is 0 Å². The summed E-state index contributed by atoms with van der Waals surface area (Å²) in [5.41, 5.74) is 1.13. The fourth-order valence-corrected chi connectivity index (χ4v) is 3.20. The van der Waals surface area contributed by atoms with Crippen molar-refractivity contribution < 1.29 is 9.53 Å². The van der Waals surface area contributed by atoms with Crippen LogP contribution >= 0.6 is 11.3 Å². The van der Waals surface area contributed by atoms with E-state index in [1.165, 1.54) is 0 Å². The van der Waals surface area contributed by atoms with E-state index in [9.17, 15) is 4.79 Å². The van der Waals surface area contributed by atoms with Gasteiger partial charge in [0.1, 0.15) is 10.8 Å². The van der Waals surface area contributed by atoms with Gasteiger partial charge in [0.15, 0.2) is 0 Å². The van der Waals surface area contributed by atoms with Crippen LogP contribution in [0.3, 0.4) is 0 Å². The molecule has 0 aromatic carbocycles. The molecule has 0 saturated carbocycles. The van der Waals surface area contributed by atoms with Gasteiger partial charge in [-0.1, -0.05) is 20.8 Å². The summed E-state index contributed by atoms with van der Waals surface area (Å²) < 4.78 is 5.45. The third-order valence-corrected chi connectivity index (χ3v) is 4.28. The number of hydrogen-bond acceptors (Lipinski definition) is 4. The Kier molecular flexibility index (Phi) is 3.87. The lowest BCUT2D eigenvalue weighted by atomic mass is 9.93. The van der Waals surface area contributed by atoms with Gasteiger partial charge in [-0.2, -0.15) is 0 Å². The van der Waals surface area contributed by atoms with E-state index in [2.05, 4.69) is 31.1 Å². The fourth-order valence-electron chi connectivity index (χ4n) is 2.17. The highest BCUT2D eigenvalue weighted by Crippen LogP contribution is 2.26. The molecule has 18 heavy (non-hydrogen) atoms. The summed E-state index contributed by atoms with van der Waals surface area (Å²) in [5.74, 6) is 0.335. The summed E-state index contributed by atoms with van der Waals surface area (Å²) in [6.07, 6.45) is 1.39. The van der Waals surface area contributed by atoms with E-state index < -0.39 is 0 Å². The molecule has 2 rings (SSSR count). The summed E-state index contributed by atoms with van der Waals surface area (Å²) >= 11 is 1.59. The predicted molar refractivity (Wildman–Crippen MR) is 73.0 cm³/mol. The molecule has 1 aliphatic rings. The SMILES string of the molecule is CC1OCCC1C(=O)Cc1nc(C(C)(C)C)cs1. The van der Waals surface area contributed by atoms with Crippen molar-refractivity contribution in [3.05, 3.63) is 16.1 Å². The third-order valence-electron chi connectivity index (χ3n) is 3.44. The maximum atomic E-state index is 12.2. The molecular formula is C14H21NO2S. The van der Waals surface area contributed by atoms with Gasteiger partial charge in [-0.3, -0.25) is 4.79 Å². The zero-order chi connectivity index (χ0) is 13.3. The molecular weight excluding hydrogens is 246 g/mol. The van der Waals surface area contributed by atoms with Crippen LogP contribution in [0.4, 0.5) is 0 Å². The monoisotopic (exact) mass is 267 g/mol. The number of Topliss-reactive ketones (excluding diaryl/α,β-unsaturated/α-hetero) is 1. The summed E-state index contributed by atoms with van der Waals surface area (Å²) in [6.45, 7) is 9.11. The average Bonchev–Trinajstić information content (AvgIpc) is 2.85. The molecule has 3 nitrogen and oxygen atoms in total. The molecule has 1 aliphatic heterocycles. The molecule has 0 aliphatic carbocycles. The zero-order valence-corrected chi connectivity index (χ0v) is 12.3. The highest BCUT2D eigenvalue weighted by Gasteiger charge is 2.31. The van der Waals surface area contributed by atoms with Crippen LogP contribution in [0.1, 0.15) is 44.8 Å². The molecule has 4 heteroatoms. The summed E-state index contributed by atoms with van der Waals surface area (Å²) in [5, 5.41) is 3.00. The zero-order valence-electron chi connectivity index (χ0n) is 11.5. The Morgan fingerprint density at radius 1 is 1.56 bits per heavy atom. The van der Waals surface area contributed by atoms with Crippen molar-refractivity contribution >= 4 is 17.1 Å². The maximum Gasteiger partial charge on any atom is 0.145 e. The molecule has 0 radical (unpaired) electrons. The van der Waals surface area contributed by atoms with E-state index in [1.807, 2.05) is 6.92 Å². The topological polar surface area (TPSA) is 39.2 Å². The van der Waals surface area contributed by atoms with Crippen molar-refractivity contribution in [1.82, 2.24) is 4.98 Å². The first-order valence-electron chi connectivity index (χ1n) is 6.47. The largest absolute Gasteiger partial charge is 0.378 e. The van der Waals surface area contributed by atoms with Crippen molar-refractivity contribution in [3.63, 3.8) is 0 Å². The number of aromatic nitrogens is 1. The second-order valence-corrected chi connectivity index (χ2v) is 6.93. The number of carbonyl (C=O) groups excluding carboxylic acids is 1. The number of ketones is 1. The minimum Gasteiger partial charge on any atom is -0.378 e. The first-order valence-corrected chi connectivity index (χ1v) is 7.35. The number of ether oxygens (including phenoxy) is 1. The van der Waals surface area contributed by atoms with Gasteiger partial charge in [-0.25, -0.2) is 4.98 Å². The number of hydrogen-bond donors (Lipinski definition) is 0. The van der Waals surface area contributed by atoms with Crippen LogP contribution in [0.15, 0.2) is 5.38 Å². The minimum absolute atomic E-state index is 0.0571. The second-order valence-electron chi connectivity index (χ2n) is 5.99. The Labute approximate surface area is 113 Å². The maximum absolute atomic E-state index is 12.2. The van der Waals surface area contributed by atoms with E-state index in [4.69, 9.17) is 4.74 Å². The molecule has 2 atom stereocenters. The van der Waals surface area contributed by atoms with E-state index in [0.717, 1.165) is 17.1 Å². The molecule has 1 fully saturated rings. The first kappa shape index (κ1) is 13.7. The molecule has 0 spiro atoms. The van der Waals surface area contributed by atoms with Gasteiger partial charge in [-0.05, 0) is 13.3 Å². The standard InChI is InChI=1S/C14H21NO2S/c1-9-10(5-6-17-9)11(16)7-13-15-12(8-18-13)14(2,3)4/h8-10H,5-7H2,1-4H3. The van der Waals surface area contributed by atoms with Crippen molar-refractivity contribution in [2.45, 2.75) is 52.1 Å². The van der Waals surface area contributed by atoms with E-state index >= 15 is 0 Å². The summed E-state index contributed by atoms with van der Waals surface area (Å²) in [4.78, 5) is 16.7. The van der Waals surface area contributed by atoms with Crippen molar-refractivity contribution in [1.29, 1.82) is 0 Å². The van der Waals surface area contributed by atoms with Gasteiger partial charge in [0, 0.05) is 23.3 Å². The van der Waals surface area contributed by atoms with Gasteiger partial charge in [-0.15, -0.1) is 11.3 Å². The van der Waals surface area contributed by atoms with Crippen LogP contribution in [0, 0.1) is 5.92 Å². The van der Waals surface area contributed by atoms with Gasteiger partial charge < -0.3 is 4.74 Å². The molecule has 2 heterocycles. The molecule has 1 aromatic heterocycles. The molecule has 2 unspecified atom stereocenters. The van der Waals surface area contributed by atoms with Crippen LogP contribution in [0.25, 0.3) is 0 Å². The first-order chi connectivity index (χ1) is 8.38. The van der Waals surface area contributed by atoms with Crippen LogP contribution in [-0.2, 0) is 21.4 Å². The Balaban J connectivity index is 2.01. The van der Waals surface area contributed by atoms with Crippen molar-refractivity contribution in [2.24, 2.45) is 5.92 Å². The normalized spacial score (nSPS) is 24.4. The van der Waals surface area contributed by atoms with Crippen LogP contribution in [0.5, 0.6) is 0 Å². The number of thiazole rings is 1. The second kappa shape index (κ2) is 5.10. The Bertz CT molecular complexity index is 433. The Morgan fingerprint density at radius 3 is 2.78 bits per heavy atom. The number of rotatable bonds is 3. The van der Waals surface area contributed by atoms with E-state index in [-0.39, 0.29) is 23.2 Å². The summed E-state index contributed by atoms with van der Waals surface area (Å²) in [6, 6.07) is 0. The van der Waals surface area contributed by atoms with E-state index in [0.29, 0.717) is 13.0 Å². The fraction of sp³-hybridized carbons (Fsp3) is 0.714. The third kappa shape index (κ3) is 2.98. The number of carbonyl (C=O) groups is 1. The molecule has 0 bridgehead atoms. The van der Waals surface area contributed by atoms with Crippen LogP contribution in [-0.4, -0.2) is 23.5 Å². The van der Waals surface area contributed by atoms with E-state index in [1.54, 1.807) is 11.3 Å². The van der Waals surface area contributed by atoms with Crippen LogP contribution in [0.2, 0.25) is 0 Å². The highest BCUT2D eigenvalue weighted by atomic mass is 32.1. The molecule has 1 saturated heterocycles. The Morgan fingerprint density at radius 2 is 2.28 bits per heavy atom. The lowest BCUT2D eigenvalue weighted by molar-refractivity contribution is -0.123. The molecule has 0 N–H and O–H groups in total. The highest BCUT2D eigenvalue weighted by molar-refractivity contribution is 7.09. The smallest absolute Gasteiger partial charge is 0.145 e. The lowest BCUT2D eigenvalue weighted by Gasteiger charge is -2.14. The number of nitrogens with zero attached hydrogens (tertiary/aromatic N) is 1. The van der Waals surface area contributed by atoms with Crippen molar-refractivity contribution in [2.75, 3.05) is 6.61 Å². The summed E-state index contributed by atoms with van der Waals surface area (Å²) in [7, 11) is 0. The lowest BCUT2D eigenvalue weighted by Crippen LogP contribution is -2.23. The molecule has 0 amide bonds. The minimum atomic E-state index is 0.0571. The van der Waals surface area contributed by atoms with Gasteiger partial charge in [0.05, 0.1) is 18.2 Å². The quantitative estimate of drug-likeness (QED) is 0.845. The van der Waals surface area contributed by atoms with Gasteiger partial charge in [0.2, 0.25) is 0 Å². The average molecular weight is 267 g/mol. The van der Waals surface area contributed by atoms with Gasteiger partial charge in [0.25, 0.3) is 0 Å². The van der Waals surface area contributed by atoms with Crippen molar-refractivity contribution in [3.8, 4) is 0 Å².